The van der Waals surface area contributed by atoms with Crippen LogP contribution in [0.15, 0.2) is 6.20 Å². The summed E-state index contributed by atoms with van der Waals surface area (Å²) in [5.41, 5.74) is 2.35. The van der Waals surface area contributed by atoms with Crippen LogP contribution in [-0.2, 0) is 23.8 Å². The lowest BCUT2D eigenvalue weighted by molar-refractivity contribution is -0.120. The van der Waals surface area contributed by atoms with Gasteiger partial charge in [-0.1, -0.05) is 20.8 Å². The van der Waals surface area contributed by atoms with Crippen LogP contribution in [0.3, 0.4) is 0 Å². The normalized spacial score (nSPS) is 11.6. The van der Waals surface area contributed by atoms with E-state index in [1.807, 2.05) is 24.9 Å². The first-order chi connectivity index (χ1) is 8.84. The fourth-order valence-corrected chi connectivity index (χ4v) is 2.01. The molecule has 0 fully saturated rings. The molecule has 108 valence electrons. The maximum atomic E-state index is 11.3. The molecular formula is C14H26N4O. The lowest BCUT2D eigenvalue weighted by atomic mass is 9.89. The summed E-state index contributed by atoms with van der Waals surface area (Å²) in [5, 5.41) is 10.6. The molecule has 0 unspecified atom stereocenters. The van der Waals surface area contributed by atoms with Crippen molar-refractivity contribution in [3.63, 3.8) is 0 Å². The van der Waals surface area contributed by atoms with E-state index >= 15 is 0 Å². The second-order valence-electron chi connectivity index (χ2n) is 5.81. The molecule has 0 aliphatic rings. The highest BCUT2D eigenvalue weighted by Crippen LogP contribution is 2.23. The predicted molar refractivity (Wildman–Crippen MR) is 76.9 cm³/mol. The van der Waals surface area contributed by atoms with Crippen LogP contribution in [0, 0.1) is 0 Å². The molecule has 5 heteroatoms. The second-order valence-corrected chi connectivity index (χ2v) is 5.81. The summed E-state index contributed by atoms with van der Waals surface area (Å²) in [6.07, 6.45) is 2.55. The topological polar surface area (TPSA) is 59.0 Å². The molecule has 2 N–H and O–H groups in total. The van der Waals surface area contributed by atoms with Crippen molar-refractivity contribution in [2.24, 2.45) is 7.05 Å². The van der Waals surface area contributed by atoms with Gasteiger partial charge in [0.2, 0.25) is 5.91 Å². The van der Waals surface area contributed by atoms with Crippen molar-refractivity contribution in [3.05, 3.63) is 17.5 Å². The SMILES string of the molecule is CCNC(=O)CCNCc1cn(C)nc1C(C)(C)C. The van der Waals surface area contributed by atoms with Crippen molar-refractivity contribution in [2.45, 2.75) is 46.1 Å². The molecule has 0 saturated heterocycles. The summed E-state index contributed by atoms with van der Waals surface area (Å²) in [6.45, 7) is 10.5. The van der Waals surface area contributed by atoms with Gasteiger partial charge in [-0.3, -0.25) is 9.48 Å². The van der Waals surface area contributed by atoms with E-state index in [0.717, 1.165) is 12.2 Å². The highest BCUT2D eigenvalue weighted by molar-refractivity contribution is 5.75. The van der Waals surface area contributed by atoms with Crippen LogP contribution in [0.4, 0.5) is 0 Å². The van der Waals surface area contributed by atoms with E-state index in [0.29, 0.717) is 19.5 Å². The number of aryl methyl sites for hydroxylation is 1. The predicted octanol–water partition coefficient (Wildman–Crippen LogP) is 1.33. The molecule has 1 heterocycles. The Kier molecular flexibility index (Phi) is 5.54. The molecular weight excluding hydrogens is 240 g/mol. The van der Waals surface area contributed by atoms with Crippen LogP contribution in [-0.4, -0.2) is 28.8 Å². The molecule has 5 nitrogen and oxygen atoms in total. The molecule has 0 saturated carbocycles. The van der Waals surface area contributed by atoms with Crippen LogP contribution >= 0.6 is 0 Å². The number of nitrogens with zero attached hydrogens (tertiary/aromatic N) is 2. The number of hydrogen-bond acceptors (Lipinski definition) is 3. The quantitative estimate of drug-likeness (QED) is 0.764. The highest BCUT2D eigenvalue weighted by atomic mass is 16.1. The average Bonchev–Trinajstić information content (AvgIpc) is 2.66. The lowest BCUT2D eigenvalue weighted by Crippen LogP contribution is -2.27. The third-order valence-electron chi connectivity index (χ3n) is 2.83. The Morgan fingerprint density at radius 2 is 2.11 bits per heavy atom. The third kappa shape index (κ3) is 5.03. The van der Waals surface area contributed by atoms with Crippen LogP contribution < -0.4 is 10.6 Å². The standard InChI is InChI=1S/C14H26N4O/c1-6-16-12(19)7-8-15-9-11-10-18(5)17-13(11)14(2,3)4/h10,15H,6-9H2,1-5H3,(H,16,19). The first kappa shape index (κ1) is 15.7. The molecule has 0 spiro atoms. The lowest BCUT2D eigenvalue weighted by Gasteiger charge is -2.17. The fourth-order valence-electron chi connectivity index (χ4n) is 2.01. The van der Waals surface area contributed by atoms with Crippen molar-refractivity contribution < 1.29 is 4.79 Å². The van der Waals surface area contributed by atoms with Crippen molar-refractivity contribution in [3.8, 4) is 0 Å². The van der Waals surface area contributed by atoms with E-state index in [4.69, 9.17) is 0 Å². The van der Waals surface area contributed by atoms with E-state index in [2.05, 4.69) is 36.5 Å². The second kappa shape index (κ2) is 6.70. The van der Waals surface area contributed by atoms with Gasteiger partial charge in [0.25, 0.3) is 0 Å². The Bertz CT molecular complexity index is 418. The van der Waals surface area contributed by atoms with Crippen LogP contribution in [0.1, 0.15) is 45.4 Å². The zero-order valence-electron chi connectivity index (χ0n) is 12.7. The number of hydrogen-bond donors (Lipinski definition) is 2. The highest BCUT2D eigenvalue weighted by Gasteiger charge is 2.21. The number of aromatic nitrogens is 2. The number of carbonyl (C=O) groups excluding carboxylic acids is 1. The smallest absolute Gasteiger partial charge is 0.221 e. The molecule has 1 amide bonds. The monoisotopic (exact) mass is 266 g/mol. The van der Waals surface area contributed by atoms with Gasteiger partial charge >= 0.3 is 0 Å². The summed E-state index contributed by atoms with van der Waals surface area (Å²) in [6, 6.07) is 0. The summed E-state index contributed by atoms with van der Waals surface area (Å²) in [4.78, 5) is 11.3. The van der Waals surface area contributed by atoms with E-state index in [-0.39, 0.29) is 11.3 Å². The Hall–Kier alpha value is -1.36. The van der Waals surface area contributed by atoms with Gasteiger partial charge in [0, 0.05) is 50.3 Å². The summed E-state index contributed by atoms with van der Waals surface area (Å²) >= 11 is 0. The zero-order chi connectivity index (χ0) is 14.5. The van der Waals surface area contributed by atoms with E-state index in [9.17, 15) is 4.79 Å². The van der Waals surface area contributed by atoms with E-state index < -0.39 is 0 Å². The molecule has 19 heavy (non-hydrogen) atoms. The Morgan fingerprint density at radius 1 is 1.42 bits per heavy atom. The van der Waals surface area contributed by atoms with Crippen molar-refractivity contribution in [1.82, 2.24) is 20.4 Å². The van der Waals surface area contributed by atoms with Crippen LogP contribution in [0.25, 0.3) is 0 Å². The summed E-state index contributed by atoms with van der Waals surface area (Å²) in [7, 11) is 1.94. The first-order valence-corrected chi connectivity index (χ1v) is 6.85. The minimum atomic E-state index is 0.0395. The van der Waals surface area contributed by atoms with E-state index in [1.54, 1.807) is 0 Å². The third-order valence-corrected chi connectivity index (χ3v) is 2.83. The first-order valence-electron chi connectivity index (χ1n) is 6.85. The number of amides is 1. The average molecular weight is 266 g/mol. The Balaban J connectivity index is 2.48. The zero-order valence-corrected chi connectivity index (χ0v) is 12.7. The molecule has 0 aliphatic carbocycles. The molecule has 1 aromatic rings. The van der Waals surface area contributed by atoms with Gasteiger partial charge in [0.05, 0.1) is 5.69 Å². The van der Waals surface area contributed by atoms with Gasteiger partial charge in [0.1, 0.15) is 0 Å². The number of nitrogens with one attached hydrogen (secondary N) is 2. The van der Waals surface area contributed by atoms with Crippen molar-refractivity contribution in [2.75, 3.05) is 13.1 Å². The van der Waals surface area contributed by atoms with Gasteiger partial charge in [0.15, 0.2) is 0 Å². The fraction of sp³-hybridized carbons (Fsp3) is 0.714. The van der Waals surface area contributed by atoms with Crippen molar-refractivity contribution >= 4 is 5.91 Å². The largest absolute Gasteiger partial charge is 0.356 e. The molecule has 0 radical (unpaired) electrons. The molecule has 0 aromatic carbocycles. The van der Waals surface area contributed by atoms with Gasteiger partial charge in [-0.2, -0.15) is 5.10 Å². The summed E-state index contributed by atoms with van der Waals surface area (Å²) in [5.74, 6) is 0.0947. The maximum absolute atomic E-state index is 11.3. The van der Waals surface area contributed by atoms with Gasteiger partial charge in [-0.25, -0.2) is 0 Å². The minimum absolute atomic E-state index is 0.0395. The van der Waals surface area contributed by atoms with Gasteiger partial charge in [-0.15, -0.1) is 0 Å². The molecule has 1 aromatic heterocycles. The maximum Gasteiger partial charge on any atom is 0.221 e. The Morgan fingerprint density at radius 3 is 2.68 bits per heavy atom. The summed E-state index contributed by atoms with van der Waals surface area (Å²) < 4.78 is 1.85. The minimum Gasteiger partial charge on any atom is -0.356 e. The van der Waals surface area contributed by atoms with Crippen molar-refractivity contribution in [1.29, 1.82) is 0 Å². The number of carbonyl (C=O) groups is 1. The van der Waals surface area contributed by atoms with Gasteiger partial charge < -0.3 is 10.6 Å². The molecule has 0 aliphatic heterocycles. The van der Waals surface area contributed by atoms with E-state index in [1.165, 1.54) is 5.56 Å². The molecule has 1 rings (SSSR count). The molecule has 0 bridgehead atoms. The molecule has 0 atom stereocenters. The van der Waals surface area contributed by atoms with Crippen LogP contribution in [0.5, 0.6) is 0 Å². The van der Waals surface area contributed by atoms with Crippen LogP contribution in [0.2, 0.25) is 0 Å². The number of rotatable bonds is 6. The Labute approximate surface area is 115 Å². The van der Waals surface area contributed by atoms with Gasteiger partial charge in [-0.05, 0) is 6.92 Å².